The Morgan fingerprint density at radius 3 is 2.64 bits per heavy atom. The molecule has 214 valence electrons. The van der Waals surface area contributed by atoms with Crippen molar-refractivity contribution in [2.45, 2.75) is 19.4 Å². The van der Waals surface area contributed by atoms with E-state index in [1.807, 2.05) is 31.3 Å². The fraction of sp³-hybridized carbons (Fsp3) is 0.290. The van der Waals surface area contributed by atoms with Crippen LogP contribution in [0.25, 0.3) is 28.1 Å². The van der Waals surface area contributed by atoms with Crippen LogP contribution in [-0.4, -0.2) is 64.8 Å². The van der Waals surface area contributed by atoms with Crippen LogP contribution in [0.5, 0.6) is 0 Å². The SMILES string of the molecule is CN(C)c1ccc(-c2cc3ccccc3c(CNCC3CCN(c4nccc(/C=C5\SC(=O)NC5=O)n4)CC3)n2)cn1. The van der Waals surface area contributed by atoms with Gasteiger partial charge >= 0.3 is 0 Å². The monoisotopic (exact) mass is 580 g/mol. The molecule has 2 amide bonds. The highest BCUT2D eigenvalue weighted by atomic mass is 32.2. The van der Waals surface area contributed by atoms with Gasteiger partial charge in [-0.15, -0.1) is 0 Å². The zero-order chi connectivity index (χ0) is 29.1. The van der Waals surface area contributed by atoms with Crippen molar-refractivity contribution in [3.63, 3.8) is 0 Å². The Bertz CT molecular complexity index is 1650. The first-order chi connectivity index (χ1) is 20.4. The minimum absolute atomic E-state index is 0.348. The Labute approximate surface area is 248 Å². The van der Waals surface area contributed by atoms with Crippen molar-refractivity contribution in [2.75, 3.05) is 43.5 Å². The molecule has 2 fully saturated rings. The van der Waals surface area contributed by atoms with E-state index in [-0.39, 0.29) is 11.1 Å². The van der Waals surface area contributed by atoms with E-state index in [2.05, 4.69) is 66.9 Å². The summed E-state index contributed by atoms with van der Waals surface area (Å²) in [7, 11) is 3.97. The predicted molar refractivity (Wildman–Crippen MR) is 167 cm³/mol. The van der Waals surface area contributed by atoms with Crippen LogP contribution in [0.15, 0.2) is 65.8 Å². The summed E-state index contributed by atoms with van der Waals surface area (Å²) in [6.45, 7) is 3.30. The normalized spacial score (nSPS) is 16.8. The first kappa shape index (κ1) is 27.8. The molecule has 2 N–H and O–H groups in total. The zero-order valence-electron chi connectivity index (χ0n) is 23.6. The second-order valence-corrected chi connectivity index (χ2v) is 11.7. The lowest BCUT2D eigenvalue weighted by molar-refractivity contribution is -0.115. The number of hydrogen-bond donors (Lipinski definition) is 2. The smallest absolute Gasteiger partial charge is 0.290 e. The second-order valence-electron chi connectivity index (χ2n) is 10.7. The van der Waals surface area contributed by atoms with Gasteiger partial charge in [0, 0.05) is 57.1 Å². The molecule has 10 nitrogen and oxygen atoms in total. The van der Waals surface area contributed by atoms with E-state index in [0.29, 0.717) is 29.0 Å². The molecule has 0 spiro atoms. The van der Waals surface area contributed by atoms with Gasteiger partial charge in [-0.05, 0) is 72.8 Å². The number of carbonyl (C=O) groups is 2. The summed E-state index contributed by atoms with van der Waals surface area (Å²) in [6.07, 6.45) is 7.26. The largest absolute Gasteiger partial charge is 0.363 e. The third kappa shape index (κ3) is 6.27. The molecule has 42 heavy (non-hydrogen) atoms. The van der Waals surface area contributed by atoms with E-state index < -0.39 is 0 Å². The van der Waals surface area contributed by atoms with Gasteiger partial charge in [0.15, 0.2) is 0 Å². The third-order valence-electron chi connectivity index (χ3n) is 7.53. The van der Waals surface area contributed by atoms with Gasteiger partial charge < -0.3 is 15.1 Å². The number of amides is 2. The van der Waals surface area contributed by atoms with Gasteiger partial charge in [-0.25, -0.2) is 15.0 Å². The molecule has 2 aliphatic rings. The summed E-state index contributed by atoms with van der Waals surface area (Å²) >= 11 is 0.889. The number of anilines is 2. The lowest BCUT2D eigenvalue weighted by Crippen LogP contribution is -2.38. The fourth-order valence-electron chi connectivity index (χ4n) is 5.24. The number of nitrogens with one attached hydrogen (secondary N) is 2. The average molecular weight is 581 g/mol. The molecule has 11 heteroatoms. The minimum Gasteiger partial charge on any atom is -0.363 e. The van der Waals surface area contributed by atoms with Crippen molar-refractivity contribution < 1.29 is 9.59 Å². The fourth-order valence-corrected chi connectivity index (χ4v) is 5.90. The zero-order valence-corrected chi connectivity index (χ0v) is 24.4. The van der Waals surface area contributed by atoms with Crippen LogP contribution in [-0.2, 0) is 11.3 Å². The molecule has 6 rings (SSSR count). The van der Waals surface area contributed by atoms with E-state index in [1.165, 1.54) is 5.39 Å². The van der Waals surface area contributed by atoms with Gasteiger partial charge in [0.25, 0.3) is 11.1 Å². The molecule has 2 aliphatic heterocycles. The molecule has 5 heterocycles. The van der Waals surface area contributed by atoms with Crippen LogP contribution in [0, 0.1) is 5.92 Å². The molecule has 0 radical (unpaired) electrons. The number of imide groups is 1. The Kier molecular flexibility index (Phi) is 8.11. The van der Waals surface area contributed by atoms with Crippen LogP contribution >= 0.6 is 11.8 Å². The van der Waals surface area contributed by atoms with Gasteiger partial charge in [0.05, 0.1) is 22.0 Å². The Balaban J connectivity index is 1.07. The number of piperidine rings is 1. The molecule has 0 atom stereocenters. The van der Waals surface area contributed by atoms with Crippen LogP contribution in [0.3, 0.4) is 0 Å². The molecular formula is C31H32N8O2S. The molecule has 2 saturated heterocycles. The van der Waals surface area contributed by atoms with Gasteiger partial charge in [0.1, 0.15) is 5.82 Å². The third-order valence-corrected chi connectivity index (χ3v) is 8.34. The number of rotatable bonds is 8. The first-order valence-electron chi connectivity index (χ1n) is 14.0. The van der Waals surface area contributed by atoms with Crippen LogP contribution < -0.4 is 20.4 Å². The number of fused-ring (bicyclic) bond motifs is 1. The number of thioether (sulfide) groups is 1. The summed E-state index contributed by atoms with van der Waals surface area (Å²) in [5.74, 6) is 1.71. The molecular weight excluding hydrogens is 548 g/mol. The van der Waals surface area contributed by atoms with Gasteiger partial charge in [-0.1, -0.05) is 24.3 Å². The van der Waals surface area contributed by atoms with Crippen molar-refractivity contribution in [1.82, 2.24) is 30.6 Å². The first-order valence-corrected chi connectivity index (χ1v) is 14.8. The van der Waals surface area contributed by atoms with Crippen molar-refractivity contribution in [2.24, 2.45) is 5.92 Å². The van der Waals surface area contributed by atoms with Crippen LogP contribution in [0.4, 0.5) is 16.6 Å². The Morgan fingerprint density at radius 1 is 1.07 bits per heavy atom. The summed E-state index contributed by atoms with van der Waals surface area (Å²) in [6, 6.07) is 16.4. The Morgan fingerprint density at radius 2 is 1.90 bits per heavy atom. The summed E-state index contributed by atoms with van der Waals surface area (Å²) in [5.41, 5.74) is 3.57. The van der Waals surface area contributed by atoms with E-state index in [0.717, 1.165) is 72.4 Å². The minimum atomic E-state index is -0.385. The van der Waals surface area contributed by atoms with Crippen molar-refractivity contribution in [1.29, 1.82) is 0 Å². The number of nitrogens with zero attached hydrogens (tertiary/aromatic N) is 6. The van der Waals surface area contributed by atoms with Gasteiger partial charge in [0.2, 0.25) is 5.95 Å². The standard InChI is InChI=1S/C31H32N8O2S/c1-38(2)28-8-7-22(18-34-28)25-15-21-5-3-4-6-24(21)26(36-25)19-32-17-20-10-13-39(14-11-20)30-33-12-9-23(35-30)16-27-29(40)37-31(41)42-27/h3-9,12,15-16,18,20,32H,10-11,13-14,17,19H2,1-2H3,(H,37,40,41)/b27-16-. The van der Waals surface area contributed by atoms with E-state index in [4.69, 9.17) is 4.98 Å². The molecule has 0 bridgehead atoms. The molecule has 0 aliphatic carbocycles. The van der Waals surface area contributed by atoms with Crippen LogP contribution in [0.1, 0.15) is 24.2 Å². The quantitative estimate of drug-likeness (QED) is 0.289. The summed E-state index contributed by atoms with van der Waals surface area (Å²) < 4.78 is 0. The highest BCUT2D eigenvalue weighted by Crippen LogP contribution is 2.27. The lowest BCUT2D eigenvalue weighted by Gasteiger charge is -2.32. The molecule has 4 aromatic rings. The van der Waals surface area contributed by atoms with E-state index >= 15 is 0 Å². The molecule has 3 aromatic heterocycles. The number of carbonyl (C=O) groups excluding carboxylic acids is 2. The van der Waals surface area contributed by atoms with Crippen molar-refractivity contribution in [3.8, 4) is 11.3 Å². The molecule has 1 aromatic carbocycles. The van der Waals surface area contributed by atoms with E-state index in [1.54, 1.807) is 18.3 Å². The lowest BCUT2D eigenvalue weighted by atomic mass is 9.97. The van der Waals surface area contributed by atoms with Crippen LogP contribution in [0.2, 0.25) is 0 Å². The van der Waals surface area contributed by atoms with Crippen molar-refractivity contribution >= 4 is 51.5 Å². The highest BCUT2D eigenvalue weighted by Gasteiger charge is 2.26. The molecule has 0 saturated carbocycles. The number of pyridine rings is 2. The summed E-state index contributed by atoms with van der Waals surface area (Å²) in [4.78, 5) is 46.5. The second kappa shape index (κ2) is 12.3. The maximum atomic E-state index is 11.9. The Hall–Kier alpha value is -4.35. The van der Waals surface area contributed by atoms with E-state index in [9.17, 15) is 9.59 Å². The highest BCUT2D eigenvalue weighted by molar-refractivity contribution is 8.18. The number of aromatic nitrogens is 4. The molecule has 0 unspecified atom stereocenters. The topological polar surface area (TPSA) is 116 Å². The van der Waals surface area contributed by atoms with Crippen molar-refractivity contribution in [3.05, 3.63) is 77.2 Å². The summed E-state index contributed by atoms with van der Waals surface area (Å²) in [5, 5.41) is 7.90. The number of hydrogen-bond acceptors (Lipinski definition) is 10. The number of benzene rings is 1. The predicted octanol–water partition coefficient (Wildman–Crippen LogP) is 4.48. The van der Waals surface area contributed by atoms with Gasteiger partial charge in [-0.3, -0.25) is 19.9 Å². The maximum Gasteiger partial charge on any atom is 0.290 e. The van der Waals surface area contributed by atoms with Gasteiger partial charge in [-0.2, -0.15) is 0 Å². The average Bonchev–Trinajstić information content (AvgIpc) is 3.33. The maximum absolute atomic E-state index is 11.9.